The van der Waals surface area contributed by atoms with Crippen molar-refractivity contribution in [1.29, 1.82) is 0 Å². The van der Waals surface area contributed by atoms with Gasteiger partial charge in [0.25, 0.3) is 0 Å². The minimum atomic E-state index is -1.07. The molecule has 1 aromatic rings. The zero-order valence-corrected chi connectivity index (χ0v) is 37.6. The average Bonchev–Trinajstić information content (AvgIpc) is 3.94. The largest absolute Gasteiger partial charge is 0.479 e. The second-order valence-corrected chi connectivity index (χ2v) is 20.3. The first-order chi connectivity index (χ1) is 28.6. The summed E-state index contributed by atoms with van der Waals surface area (Å²) < 4.78 is 40.9. The summed E-state index contributed by atoms with van der Waals surface area (Å²) in [7, 11) is 1.78. The standard InChI is InChI=1S/C47H67NO13/c1-28(22-39(53)59-33(26-57-29(2)49)27-58-30(3)50)21-38(52)56-20-10-11-37(51)60-34-15-14-32-23-36-45-16-17-47(55-9,35(24-45)43(7,54)42(4,5)6)44(8)46(45,40(32)41(34)61-44)18-19-48(36)25-31-12-13-31/h14-15,28,31,33,35-36,54H,10-13,16-27H2,1-9H3/t28?,35-,36?,43+,44+,45-,46+,47+/m1/s1. The second kappa shape index (κ2) is 16.4. The van der Waals surface area contributed by atoms with Crippen molar-refractivity contribution in [2.24, 2.45) is 28.6 Å². The molecule has 7 aliphatic rings. The van der Waals surface area contributed by atoms with Gasteiger partial charge < -0.3 is 38.3 Å². The van der Waals surface area contributed by atoms with E-state index >= 15 is 0 Å². The number of hydrogen-bond donors (Lipinski definition) is 1. The van der Waals surface area contributed by atoms with Gasteiger partial charge in [0.15, 0.2) is 17.6 Å². The zero-order valence-electron chi connectivity index (χ0n) is 37.6. The molecule has 14 heteroatoms. The molecule has 4 saturated carbocycles. The van der Waals surface area contributed by atoms with E-state index in [4.69, 9.17) is 33.2 Å². The molecule has 0 amide bonds. The molecular weight excluding hydrogens is 787 g/mol. The Kier molecular flexibility index (Phi) is 12.2. The minimum absolute atomic E-state index is 0.000815. The third-order valence-corrected chi connectivity index (χ3v) is 15.8. The molecule has 5 aliphatic carbocycles. The van der Waals surface area contributed by atoms with Crippen molar-refractivity contribution >= 4 is 29.8 Å². The Balaban J connectivity index is 1.02. The van der Waals surface area contributed by atoms with Gasteiger partial charge >= 0.3 is 29.8 Å². The van der Waals surface area contributed by atoms with E-state index in [9.17, 15) is 29.1 Å². The van der Waals surface area contributed by atoms with Gasteiger partial charge in [0.2, 0.25) is 0 Å². The summed E-state index contributed by atoms with van der Waals surface area (Å²) in [5.74, 6) is -1.68. The first-order valence-electron chi connectivity index (χ1n) is 22.3. The third-order valence-electron chi connectivity index (χ3n) is 15.8. The molecule has 1 aromatic carbocycles. The summed E-state index contributed by atoms with van der Waals surface area (Å²) in [6, 6.07) is 4.30. The topological polar surface area (TPSA) is 173 Å². The molecule has 8 rings (SSSR count). The van der Waals surface area contributed by atoms with Crippen LogP contribution in [0.3, 0.4) is 0 Å². The Morgan fingerprint density at radius 2 is 1.61 bits per heavy atom. The second-order valence-electron chi connectivity index (χ2n) is 20.3. The lowest BCUT2D eigenvalue weighted by atomic mass is 9.30. The van der Waals surface area contributed by atoms with Gasteiger partial charge in [0.1, 0.15) is 24.4 Å². The van der Waals surface area contributed by atoms with Crippen molar-refractivity contribution in [3.63, 3.8) is 0 Å². The van der Waals surface area contributed by atoms with Gasteiger partial charge in [-0.1, -0.05) is 33.8 Å². The number of nitrogens with zero attached hydrogens (tertiary/aromatic N) is 1. The Morgan fingerprint density at radius 1 is 0.934 bits per heavy atom. The maximum absolute atomic E-state index is 13.5. The molecule has 0 radical (unpaired) electrons. The Hall–Kier alpha value is -3.75. The monoisotopic (exact) mass is 853 g/mol. The predicted octanol–water partition coefficient (Wildman–Crippen LogP) is 5.78. The number of hydrogen-bond acceptors (Lipinski definition) is 14. The highest BCUT2D eigenvalue weighted by atomic mass is 16.6. The number of aliphatic hydroxyl groups is 1. The van der Waals surface area contributed by atoms with Gasteiger partial charge in [-0.15, -0.1) is 0 Å². The maximum atomic E-state index is 13.5. The Labute approximate surface area is 360 Å². The van der Waals surface area contributed by atoms with E-state index in [0.29, 0.717) is 17.5 Å². The van der Waals surface area contributed by atoms with Crippen LogP contribution in [0.2, 0.25) is 0 Å². The highest BCUT2D eigenvalue weighted by molar-refractivity contribution is 5.76. The van der Waals surface area contributed by atoms with E-state index in [-0.39, 0.29) is 56.8 Å². The van der Waals surface area contributed by atoms with E-state index in [1.54, 1.807) is 14.0 Å². The van der Waals surface area contributed by atoms with Crippen LogP contribution in [0.1, 0.15) is 131 Å². The van der Waals surface area contributed by atoms with Crippen LogP contribution in [0.15, 0.2) is 12.1 Å². The highest BCUT2D eigenvalue weighted by Gasteiger charge is 2.87. The number of ether oxygens (including phenoxy) is 7. The third kappa shape index (κ3) is 7.64. The zero-order chi connectivity index (χ0) is 44.3. The average molecular weight is 854 g/mol. The molecule has 338 valence electrons. The van der Waals surface area contributed by atoms with E-state index in [1.807, 2.05) is 13.0 Å². The van der Waals surface area contributed by atoms with Gasteiger partial charge in [0, 0.05) is 69.7 Å². The number of likely N-dealkylation sites (tertiary alicyclic amines) is 1. The Bertz CT molecular complexity index is 1880. The number of piperidine rings is 1. The fourth-order valence-corrected chi connectivity index (χ4v) is 12.4. The van der Waals surface area contributed by atoms with Crippen molar-refractivity contribution in [3.8, 4) is 11.5 Å². The fraction of sp³-hybridized carbons (Fsp3) is 0.766. The first-order valence-corrected chi connectivity index (χ1v) is 22.3. The molecular formula is C47H67NO13. The van der Waals surface area contributed by atoms with Crippen molar-refractivity contribution in [2.45, 2.75) is 160 Å². The molecule has 14 nitrogen and oxygen atoms in total. The van der Waals surface area contributed by atoms with Crippen LogP contribution in [0.5, 0.6) is 11.5 Å². The normalized spacial score (nSPS) is 31.0. The van der Waals surface area contributed by atoms with Crippen LogP contribution in [0.25, 0.3) is 0 Å². The summed E-state index contributed by atoms with van der Waals surface area (Å²) in [5.41, 5.74) is -1.30. The highest BCUT2D eigenvalue weighted by Crippen LogP contribution is 2.81. The number of carbonyl (C=O) groups excluding carboxylic acids is 5. The van der Waals surface area contributed by atoms with Crippen molar-refractivity contribution in [1.82, 2.24) is 4.90 Å². The van der Waals surface area contributed by atoms with Crippen LogP contribution < -0.4 is 9.47 Å². The van der Waals surface area contributed by atoms with E-state index < -0.39 is 69.5 Å². The molecule has 2 heterocycles. The summed E-state index contributed by atoms with van der Waals surface area (Å²) in [5, 5.41) is 12.6. The minimum Gasteiger partial charge on any atom is -0.479 e. The summed E-state index contributed by atoms with van der Waals surface area (Å²) in [6.07, 6.45) is 6.00. The summed E-state index contributed by atoms with van der Waals surface area (Å²) in [4.78, 5) is 63.9. The fourth-order valence-electron chi connectivity index (χ4n) is 12.4. The van der Waals surface area contributed by atoms with Gasteiger partial charge in [-0.3, -0.25) is 28.9 Å². The summed E-state index contributed by atoms with van der Waals surface area (Å²) in [6.45, 7) is 16.2. The lowest BCUT2D eigenvalue weighted by Gasteiger charge is -2.78. The molecule has 4 bridgehead atoms. The number of benzene rings is 1. The SMILES string of the molecule is CO[C@@]12CC[C@@]3(C[C@@H]1[C@](C)(O)C(C)(C)C)C1Cc4ccc(OC(=O)CCCOC(=O)CC(C)CC(=O)OC(COC(C)=O)COC(C)=O)c5c4[C@@]3(CCN1CC1CC1)[C@]2(C)O5. The van der Waals surface area contributed by atoms with Crippen LogP contribution in [-0.2, 0) is 59.5 Å². The maximum Gasteiger partial charge on any atom is 0.311 e. The van der Waals surface area contributed by atoms with E-state index in [0.717, 1.165) is 56.7 Å². The van der Waals surface area contributed by atoms with Gasteiger partial charge in [-0.2, -0.15) is 0 Å². The first kappa shape index (κ1) is 45.3. The number of carbonyl (C=O) groups is 5. The number of esters is 5. The smallest absolute Gasteiger partial charge is 0.311 e. The molecule has 2 unspecified atom stereocenters. The molecule has 1 N–H and O–H groups in total. The number of fused-ring (bicyclic) bond motifs is 2. The quantitative estimate of drug-likeness (QED) is 0.0815. The predicted molar refractivity (Wildman–Crippen MR) is 221 cm³/mol. The Morgan fingerprint density at radius 3 is 2.23 bits per heavy atom. The summed E-state index contributed by atoms with van der Waals surface area (Å²) >= 11 is 0. The van der Waals surface area contributed by atoms with Crippen molar-refractivity contribution in [3.05, 3.63) is 23.3 Å². The van der Waals surface area contributed by atoms with Crippen LogP contribution in [0, 0.1) is 28.6 Å². The van der Waals surface area contributed by atoms with Gasteiger partial charge in [0.05, 0.1) is 17.6 Å². The number of methoxy groups -OCH3 is 1. The van der Waals surface area contributed by atoms with Crippen LogP contribution in [0.4, 0.5) is 0 Å². The lowest BCUT2D eigenvalue weighted by molar-refractivity contribution is -0.345. The van der Waals surface area contributed by atoms with Crippen LogP contribution in [-0.4, -0.2) is 109 Å². The van der Waals surface area contributed by atoms with Crippen molar-refractivity contribution < 1.29 is 62.2 Å². The van der Waals surface area contributed by atoms with E-state index in [2.05, 4.69) is 38.7 Å². The molecule has 2 aliphatic heterocycles. The molecule has 0 aromatic heterocycles. The van der Waals surface area contributed by atoms with E-state index in [1.165, 1.54) is 32.3 Å². The van der Waals surface area contributed by atoms with Gasteiger partial charge in [-0.25, -0.2) is 0 Å². The molecule has 1 saturated heterocycles. The number of rotatable bonds is 18. The lowest BCUT2D eigenvalue weighted by Crippen LogP contribution is -2.87. The molecule has 2 spiro atoms. The van der Waals surface area contributed by atoms with Crippen LogP contribution >= 0.6 is 0 Å². The molecule has 61 heavy (non-hydrogen) atoms. The van der Waals surface area contributed by atoms with Gasteiger partial charge in [-0.05, 0) is 101 Å². The molecule has 5 fully saturated rings. The van der Waals surface area contributed by atoms with Crippen molar-refractivity contribution in [2.75, 3.05) is 40.0 Å². The molecule has 8 atom stereocenters.